The van der Waals surface area contributed by atoms with Crippen molar-refractivity contribution in [2.75, 3.05) is 33.0 Å². The lowest BCUT2D eigenvalue weighted by Crippen LogP contribution is -2.46. The van der Waals surface area contributed by atoms with Crippen LogP contribution in [0.2, 0.25) is 0 Å². The number of unbranched alkanes of at least 4 members (excludes halogenated alkanes) is 3. The van der Waals surface area contributed by atoms with Gasteiger partial charge in [0.2, 0.25) is 0 Å². The number of aliphatic hydroxyl groups is 2. The molecule has 0 fully saturated rings. The average Bonchev–Trinajstić information content (AvgIpc) is 2.54. The van der Waals surface area contributed by atoms with E-state index in [2.05, 4.69) is 20.8 Å². The van der Waals surface area contributed by atoms with Gasteiger partial charge in [-0.2, -0.15) is 0 Å². The summed E-state index contributed by atoms with van der Waals surface area (Å²) in [6, 6.07) is 0. The predicted molar refractivity (Wildman–Crippen MR) is 88.1 cm³/mol. The van der Waals surface area contributed by atoms with E-state index in [1.807, 2.05) is 0 Å². The zero-order chi connectivity index (χ0) is 16.6. The van der Waals surface area contributed by atoms with E-state index in [1.165, 1.54) is 0 Å². The molecule has 0 amide bonds. The van der Waals surface area contributed by atoms with E-state index in [0.717, 1.165) is 38.5 Å². The van der Waals surface area contributed by atoms with Gasteiger partial charge in [-0.3, -0.25) is 0 Å². The third-order valence-electron chi connectivity index (χ3n) is 3.56. The lowest BCUT2D eigenvalue weighted by Gasteiger charge is -2.32. The summed E-state index contributed by atoms with van der Waals surface area (Å²) in [5.74, 6) is 0. The van der Waals surface area contributed by atoms with E-state index in [4.69, 9.17) is 14.2 Å². The molecule has 0 saturated carbocycles. The smallest absolute Gasteiger partial charge is 0.114 e. The zero-order valence-electron chi connectivity index (χ0n) is 14.6. The Morgan fingerprint density at radius 2 is 1.00 bits per heavy atom. The Kier molecular flexibility index (Phi) is 15.5. The summed E-state index contributed by atoms with van der Waals surface area (Å²) in [5, 5.41) is 19.3. The van der Waals surface area contributed by atoms with Gasteiger partial charge in [0.15, 0.2) is 0 Å². The Hall–Kier alpha value is -0.200. The SMILES string of the molecule is CCCCO[C@@H]([C@H](CO)OCCCC)[C@@H](CO)OCCCC. The van der Waals surface area contributed by atoms with Crippen molar-refractivity contribution in [3.05, 3.63) is 0 Å². The second-order valence-corrected chi connectivity index (χ2v) is 5.58. The van der Waals surface area contributed by atoms with Crippen LogP contribution in [-0.4, -0.2) is 61.6 Å². The molecule has 134 valence electrons. The molecule has 0 bridgehead atoms. The van der Waals surface area contributed by atoms with Gasteiger partial charge in [0, 0.05) is 19.8 Å². The quantitative estimate of drug-likeness (QED) is 0.428. The lowest BCUT2D eigenvalue weighted by molar-refractivity contribution is -0.160. The first-order chi connectivity index (χ1) is 10.7. The van der Waals surface area contributed by atoms with Gasteiger partial charge in [0.05, 0.1) is 13.2 Å². The minimum Gasteiger partial charge on any atom is -0.394 e. The molecule has 0 radical (unpaired) electrons. The Morgan fingerprint density at radius 3 is 1.32 bits per heavy atom. The van der Waals surface area contributed by atoms with Crippen LogP contribution in [0.5, 0.6) is 0 Å². The van der Waals surface area contributed by atoms with Gasteiger partial charge >= 0.3 is 0 Å². The predicted octanol–water partition coefficient (Wildman–Crippen LogP) is 2.53. The summed E-state index contributed by atoms with van der Waals surface area (Å²) in [5.41, 5.74) is 0. The van der Waals surface area contributed by atoms with Gasteiger partial charge < -0.3 is 24.4 Å². The van der Waals surface area contributed by atoms with Crippen LogP contribution in [0.25, 0.3) is 0 Å². The van der Waals surface area contributed by atoms with Crippen molar-refractivity contribution >= 4 is 0 Å². The first kappa shape index (κ1) is 21.8. The lowest BCUT2D eigenvalue weighted by atomic mass is 10.1. The Balaban J connectivity index is 4.63. The van der Waals surface area contributed by atoms with Gasteiger partial charge in [0.25, 0.3) is 0 Å². The topological polar surface area (TPSA) is 68.2 Å². The van der Waals surface area contributed by atoms with Gasteiger partial charge in [-0.05, 0) is 19.3 Å². The van der Waals surface area contributed by atoms with Crippen molar-refractivity contribution in [2.45, 2.75) is 77.6 Å². The zero-order valence-corrected chi connectivity index (χ0v) is 14.6. The number of hydrogen-bond donors (Lipinski definition) is 2. The summed E-state index contributed by atoms with van der Waals surface area (Å²) in [7, 11) is 0. The molecule has 0 heterocycles. The van der Waals surface area contributed by atoms with E-state index >= 15 is 0 Å². The van der Waals surface area contributed by atoms with Gasteiger partial charge in [-0.1, -0.05) is 40.0 Å². The molecule has 3 atom stereocenters. The highest BCUT2D eigenvalue weighted by molar-refractivity contribution is 4.79. The summed E-state index contributed by atoms with van der Waals surface area (Å²) in [6.45, 7) is 7.78. The highest BCUT2D eigenvalue weighted by atomic mass is 16.6. The standard InChI is InChI=1S/C17H36O5/c1-4-7-10-20-15(13-18)17(22-12-9-6-3)16(14-19)21-11-8-5-2/h15-19H,4-14H2,1-3H3/t15-,16+,17-. The Labute approximate surface area is 136 Å². The van der Waals surface area contributed by atoms with E-state index in [1.54, 1.807) is 0 Å². The molecule has 22 heavy (non-hydrogen) atoms. The van der Waals surface area contributed by atoms with Crippen molar-refractivity contribution < 1.29 is 24.4 Å². The third-order valence-corrected chi connectivity index (χ3v) is 3.56. The van der Waals surface area contributed by atoms with E-state index < -0.39 is 18.3 Å². The van der Waals surface area contributed by atoms with Gasteiger partial charge in [0.1, 0.15) is 18.3 Å². The highest BCUT2D eigenvalue weighted by Crippen LogP contribution is 2.14. The average molecular weight is 320 g/mol. The minimum absolute atomic E-state index is 0.131. The summed E-state index contributed by atoms with van der Waals surface area (Å²) >= 11 is 0. The fourth-order valence-electron chi connectivity index (χ4n) is 2.08. The number of rotatable bonds is 16. The number of aliphatic hydroxyl groups excluding tert-OH is 2. The molecule has 0 rings (SSSR count). The molecule has 2 N–H and O–H groups in total. The maximum Gasteiger partial charge on any atom is 0.114 e. The monoisotopic (exact) mass is 320 g/mol. The first-order valence-electron chi connectivity index (χ1n) is 8.81. The second-order valence-electron chi connectivity index (χ2n) is 5.58. The van der Waals surface area contributed by atoms with Crippen molar-refractivity contribution in [2.24, 2.45) is 0 Å². The molecule has 0 unspecified atom stereocenters. The van der Waals surface area contributed by atoms with Gasteiger partial charge in [-0.25, -0.2) is 0 Å². The second kappa shape index (κ2) is 15.7. The molecular formula is C17H36O5. The largest absolute Gasteiger partial charge is 0.394 e. The van der Waals surface area contributed by atoms with Crippen LogP contribution in [0.1, 0.15) is 59.3 Å². The highest BCUT2D eigenvalue weighted by Gasteiger charge is 2.31. The van der Waals surface area contributed by atoms with Gasteiger partial charge in [-0.15, -0.1) is 0 Å². The molecule has 5 heteroatoms. The molecule has 0 aliphatic rings. The molecule has 5 nitrogen and oxygen atoms in total. The summed E-state index contributed by atoms with van der Waals surface area (Å²) in [6.07, 6.45) is 4.59. The minimum atomic E-state index is -0.456. The van der Waals surface area contributed by atoms with Crippen LogP contribution in [0.3, 0.4) is 0 Å². The molecule has 0 aromatic rings. The molecular weight excluding hydrogens is 284 g/mol. The van der Waals surface area contributed by atoms with Crippen LogP contribution >= 0.6 is 0 Å². The number of ether oxygens (including phenoxy) is 3. The molecule has 0 aliphatic carbocycles. The Bertz CT molecular complexity index is 207. The molecule has 0 spiro atoms. The Morgan fingerprint density at radius 1 is 0.636 bits per heavy atom. The molecule has 0 aromatic heterocycles. The van der Waals surface area contributed by atoms with Crippen LogP contribution in [0, 0.1) is 0 Å². The van der Waals surface area contributed by atoms with E-state index in [-0.39, 0.29) is 13.2 Å². The van der Waals surface area contributed by atoms with Crippen LogP contribution in [0.4, 0.5) is 0 Å². The fourth-order valence-corrected chi connectivity index (χ4v) is 2.08. The normalized spacial score (nSPS) is 15.7. The third kappa shape index (κ3) is 9.74. The maximum absolute atomic E-state index is 9.63. The summed E-state index contributed by atoms with van der Waals surface area (Å²) < 4.78 is 17.4. The van der Waals surface area contributed by atoms with Crippen molar-refractivity contribution in [3.8, 4) is 0 Å². The van der Waals surface area contributed by atoms with Crippen molar-refractivity contribution in [3.63, 3.8) is 0 Å². The van der Waals surface area contributed by atoms with Crippen LogP contribution < -0.4 is 0 Å². The molecule has 0 aromatic carbocycles. The van der Waals surface area contributed by atoms with E-state index in [0.29, 0.717) is 19.8 Å². The van der Waals surface area contributed by atoms with Crippen LogP contribution in [0.15, 0.2) is 0 Å². The molecule has 0 saturated heterocycles. The van der Waals surface area contributed by atoms with Crippen molar-refractivity contribution in [1.82, 2.24) is 0 Å². The summed E-state index contributed by atoms with van der Waals surface area (Å²) in [4.78, 5) is 0. The molecule has 0 aliphatic heterocycles. The van der Waals surface area contributed by atoms with E-state index in [9.17, 15) is 10.2 Å². The van der Waals surface area contributed by atoms with Crippen LogP contribution in [-0.2, 0) is 14.2 Å². The first-order valence-corrected chi connectivity index (χ1v) is 8.81. The fraction of sp³-hybridized carbons (Fsp3) is 1.00. The van der Waals surface area contributed by atoms with Crippen molar-refractivity contribution in [1.29, 1.82) is 0 Å². The maximum atomic E-state index is 9.63. The number of hydrogen-bond acceptors (Lipinski definition) is 5.